The van der Waals surface area contributed by atoms with Gasteiger partial charge in [-0.3, -0.25) is 14.4 Å². The molecule has 442 valence electrons. The highest BCUT2D eigenvalue weighted by molar-refractivity contribution is 5.71. The highest BCUT2D eigenvalue weighted by Gasteiger charge is 2.19. The Bertz CT molecular complexity index is 1510. The van der Waals surface area contributed by atoms with Crippen LogP contribution in [0.5, 0.6) is 0 Å². The molecule has 0 heterocycles. The summed E-state index contributed by atoms with van der Waals surface area (Å²) in [5.41, 5.74) is 0. The first-order valence-corrected chi connectivity index (χ1v) is 32.7. The first-order valence-electron chi connectivity index (χ1n) is 32.7. The van der Waals surface area contributed by atoms with Gasteiger partial charge in [0.15, 0.2) is 6.10 Å². The van der Waals surface area contributed by atoms with Crippen LogP contribution in [-0.4, -0.2) is 37.2 Å². The molecule has 0 aliphatic heterocycles. The third kappa shape index (κ3) is 63.0. The number of carbonyl (C=O) groups excluding carboxylic acids is 3. The lowest BCUT2D eigenvalue weighted by molar-refractivity contribution is -0.167. The van der Waals surface area contributed by atoms with Gasteiger partial charge < -0.3 is 14.2 Å². The highest BCUT2D eigenvalue weighted by Crippen LogP contribution is 2.17. The van der Waals surface area contributed by atoms with Crippen LogP contribution in [0, 0.1) is 0 Å². The monoisotopic (exact) mass is 1070 g/mol. The number of rotatable bonds is 59. The van der Waals surface area contributed by atoms with E-state index in [0.717, 1.165) is 116 Å². The molecule has 0 bridgehead atoms. The number of ether oxygens (including phenoxy) is 3. The maximum Gasteiger partial charge on any atom is 0.306 e. The Kier molecular flexibility index (Phi) is 61.8. The Morgan fingerprint density at radius 2 is 0.506 bits per heavy atom. The molecule has 6 heteroatoms. The van der Waals surface area contributed by atoms with E-state index in [1.165, 1.54) is 161 Å². The van der Waals surface area contributed by atoms with E-state index in [1.807, 2.05) is 0 Å². The number of hydrogen-bond acceptors (Lipinski definition) is 6. The van der Waals surface area contributed by atoms with Crippen LogP contribution in [0.2, 0.25) is 0 Å². The fourth-order valence-electron chi connectivity index (χ4n) is 9.25. The van der Waals surface area contributed by atoms with Crippen LogP contribution in [-0.2, 0) is 28.6 Å². The van der Waals surface area contributed by atoms with E-state index >= 15 is 0 Å². The second-order valence-corrected chi connectivity index (χ2v) is 21.6. The third-order valence-electron chi connectivity index (χ3n) is 14.1. The molecule has 0 aliphatic rings. The molecule has 0 fully saturated rings. The van der Waals surface area contributed by atoms with Crippen molar-refractivity contribution in [3.05, 3.63) is 97.2 Å². The summed E-state index contributed by atoms with van der Waals surface area (Å²) in [6.45, 7) is 6.36. The average Bonchev–Trinajstić information content (AvgIpc) is 3.43. The van der Waals surface area contributed by atoms with Gasteiger partial charge in [-0.25, -0.2) is 0 Å². The zero-order chi connectivity index (χ0) is 55.7. The van der Waals surface area contributed by atoms with Crippen molar-refractivity contribution >= 4 is 17.9 Å². The molecule has 0 amide bonds. The Labute approximate surface area is 477 Å². The van der Waals surface area contributed by atoms with Gasteiger partial charge in [-0.2, -0.15) is 0 Å². The Morgan fingerprint density at radius 1 is 0.273 bits per heavy atom. The van der Waals surface area contributed by atoms with E-state index in [9.17, 15) is 14.4 Å². The van der Waals surface area contributed by atoms with Gasteiger partial charge in [-0.05, 0) is 96.3 Å². The van der Waals surface area contributed by atoms with E-state index in [-0.39, 0.29) is 31.1 Å². The molecule has 6 nitrogen and oxygen atoms in total. The molecule has 0 aromatic heterocycles. The molecule has 0 saturated heterocycles. The summed E-state index contributed by atoms with van der Waals surface area (Å²) >= 11 is 0. The van der Waals surface area contributed by atoms with Gasteiger partial charge in [0.25, 0.3) is 0 Å². The summed E-state index contributed by atoms with van der Waals surface area (Å²) in [5, 5.41) is 0. The zero-order valence-corrected chi connectivity index (χ0v) is 50.7. The van der Waals surface area contributed by atoms with Gasteiger partial charge in [-0.15, -0.1) is 0 Å². The SMILES string of the molecule is CC/C=C\C/C=C\C/C=C\C/C=C\CCCCCCCCCCCCCCCCCCCCC(=O)OCC(COC(=O)CCCCCCC)OC(=O)CCCCCCCCCCCC/C=C\C/C=C\C/C=C\C/C=C\CC. The van der Waals surface area contributed by atoms with E-state index in [0.29, 0.717) is 19.3 Å². The topological polar surface area (TPSA) is 78.9 Å². The van der Waals surface area contributed by atoms with Gasteiger partial charge in [0, 0.05) is 19.3 Å². The molecule has 1 unspecified atom stereocenters. The van der Waals surface area contributed by atoms with Crippen molar-refractivity contribution < 1.29 is 28.6 Å². The van der Waals surface area contributed by atoms with Crippen molar-refractivity contribution in [3.8, 4) is 0 Å². The number of esters is 3. The lowest BCUT2D eigenvalue weighted by Gasteiger charge is -2.18. The summed E-state index contributed by atoms with van der Waals surface area (Å²) in [6.07, 6.45) is 87.6. The number of carbonyl (C=O) groups is 3. The smallest absolute Gasteiger partial charge is 0.306 e. The van der Waals surface area contributed by atoms with Crippen molar-refractivity contribution in [2.75, 3.05) is 13.2 Å². The number of unbranched alkanes of at least 4 members (excludes halogenated alkanes) is 32. The minimum atomic E-state index is -0.775. The van der Waals surface area contributed by atoms with E-state index < -0.39 is 6.10 Å². The van der Waals surface area contributed by atoms with Crippen LogP contribution < -0.4 is 0 Å². The Morgan fingerprint density at radius 3 is 0.792 bits per heavy atom. The highest BCUT2D eigenvalue weighted by atomic mass is 16.6. The molecular formula is C71H122O6. The predicted molar refractivity (Wildman–Crippen MR) is 334 cm³/mol. The maximum absolute atomic E-state index is 12.8. The molecule has 0 N–H and O–H groups in total. The van der Waals surface area contributed by atoms with E-state index in [1.54, 1.807) is 0 Å². The number of hydrogen-bond donors (Lipinski definition) is 0. The van der Waals surface area contributed by atoms with Crippen LogP contribution >= 0.6 is 0 Å². The fourth-order valence-corrected chi connectivity index (χ4v) is 9.25. The Balaban J connectivity index is 3.98. The minimum Gasteiger partial charge on any atom is -0.462 e. The second kappa shape index (κ2) is 64.9. The van der Waals surface area contributed by atoms with Crippen molar-refractivity contribution in [3.63, 3.8) is 0 Å². The standard InChI is InChI=1S/C71H122O6/c1-4-7-10-13-15-17-19-21-23-25-27-29-31-32-33-34-35-36-37-38-40-41-43-45-47-49-51-53-55-58-61-64-70(73)76-67-68(66-75-69(72)63-60-57-12-9-6-3)77-71(74)65-62-59-56-54-52-50-48-46-44-42-39-30-28-26-24-22-20-18-16-14-11-8-5-2/h7-8,10-11,15-18,21-24,27-30,68H,4-6,9,12-14,19-20,25-26,31-67H2,1-3H3/b10-7-,11-8-,17-15-,18-16-,23-21-,24-22-,29-27-,30-28-. The van der Waals surface area contributed by atoms with Crippen LogP contribution in [0.4, 0.5) is 0 Å². The zero-order valence-electron chi connectivity index (χ0n) is 50.7. The lowest BCUT2D eigenvalue weighted by atomic mass is 10.0. The molecule has 1 atom stereocenters. The summed E-state index contributed by atoms with van der Waals surface area (Å²) in [7, 11) is 0. The molecule has 77 heavy (non-hydrogen) atoms. The average molecular weight is 1070 g/mol. The van der Waals surface area contributed by atoms with Gasteiger partial charge >= 0.3 is 17.9 Å². The van der Waals surface area contributed by atoms with Crippen LogP contribution in [0.15, 0.2) is 97.2 Å². The molecule has 0 aromatic carbocycles. The van der Waals surface area contributed by atoms with Gasteiger partial charge in [-0.1, -0.05) is 298 Å². The molecule has 0 aromatic rings. The van der Waals surface area contributed by atoms with Gasteiger partial charge in [0.1, 0.15) is 13.2 Å². The van der Waals surface area contributed by atoms with Gasteiger partial charge in [0.2, 0.25) is 0 Å². The van der Waals surface area contributed by atoms with Crippen LogP contribution in [0.1, 0.15) is 316 Å². The van der Waals surface area contributed by atoms with E-state index in [4.69, 9.17) is 14.2 Å². The first kappa shape index (κ1) is 73.3. The molecule has 0 saturated carbocycles. The summed E-state index contributed by atoms with van der Waals surface area (Å²) < 4.78 is 16.8. The van der Waals surface area contributed by atoms with Crippen molar-refractivity contribution in [2.24, 2.45) is 0 Å². The van der Waals surface area contributed by atoms with Gasteiger partial charge in [0.05, 0.1) is 0 Å². The first-order chi connectivity index (χ1) is 38.0. The normalized spacial score (nSPS) is 12.7. The molecule has 0 radical (unpaired) electrons. The van der Waals surface area contributed by atoms with Crippen molar-refractivity contribution in [1.29, 1.82) is 0 Å². The summed E-state index contributed by atoms with van der Waals surface area (Å²) in [4.78, 5) is 38.0. The predicted octanol–water partition coefficient (Wildman–Crippen LogP) is 22.4. The second-order valence-electron chi connectivity index (χ2n) is 21.6. The maximum atomic E-state index is 12.8. The fraction of sp³-hybridized carbons (Fsp3) is 0.732. The summed E-state index contributed by atoms with van der Waals surface area (Å²) in [5.74, 6) is -0.883. The quantitative estimate of drug-likeness (QED) is 0.0261. The van der Waals surface area contributed by atoms with Crippen molar-refractivity contribution in [1.82, 2.24) is 0 Å². The molecule has 0 spiro atoms. The largest absolute Gasteiger partial charge is 0.462 e. The summed E-state index contributed by atoms with van der Waals surface area (Å²) in [6, 6.07) is 0. The number of allylic oxidation sites excluding steroid dienone is 16. The lowest BCUT2D eigenvalue weighted by Crippen LogP contribution is -2.30. The molecule has 0 rings (SSSR count). The minimum absolute atomic E-state index is 0.0760. The van der Waals surface area contributed by atoms with Crippen LogP contribution in [0.3, 0.4) is 0 Å². The van der Waals surface area contributed by atoms with Crippen LogP contribution in [0.25, 0.3) is 0 Å². The molecule has 0 aliphatic carbocycles. The van der Waals surface area contributed by atoms with Crippen molar-refractivity contribution in [2.45, 2.75) is 322 Å². The third-order valence-corrected chi connectivity index (χ3v) is 14.1. The Hall–Kier alpha value is -3.67. The van der Waals surface area contributed by atoms with E-state index in [2.05, 4.69) is 118 Å². The molecular weight excluding hydrogens is 949 g/mol.